The molecular formula is C22H26N2O4S. The van der Waals surface area contributed by atoms with Crippen LogP contribution in [0.4, 0.5) is 0 Å². The largest absolute Gasteiger partial charge is 0.355 e. The van der Waals surface area contributed by atoms with Crippen molar-refractivity contribution in [3.05, 3.63) is 64.7 Å². The number of amides is 2. The second kappa shape index (κ2) is 8.78. The first-order valence-electron chi connectivity index (χ1n) is 9.70. The molecule has 0 unspecified atom stereocenters. The van der Waals surface area contributed by atoms with Gasteiger partial charge in [-0.2, -0.15) is 0 Å². The highest BCUT2D eigenvalue weighted by molar-refractivity contribution is 7.91. The fourth-order valence-corrected chi connectivity index (χ4v) is 4.82. The average molecular weight is 415 g/mol. The molecule has 29 heavy (non-hydrogen) atoms. The minimum atomic E-state index is -3.49. The van der Waals surface area contributed by atoms with Crippen molar-refractivity contribution in [1.82, 2.24) is 10.2 Å². The quantitative estimate of drug-likeness (QED) is 0.754. The van der Waals surface area contributed by atoms with Gasteiger partial charge in [-0.25, -0.2) is 8.42 Å². The number of carbonyl (C=O) groups is 2. The molecule has 0 fully saturated rings. The Bertz CT molecular complexity index is 1010. The molecule has 2 amide bonds. The van der Waals surface area contributed by atoms with Crippen LogP contribution < -0.4 is 5.32 Å². The number of rotatable bonds is 7. The van der Waals surface area contributed by atoms with Crippen LogP contribution in [0.25, 0.3) is 0 Å². The van der Waals surface area contributed by atoms with Crippen LogP contribution in [-0.2, 0) is 34.0 Å². The van der Waals surface area contributed by atoms with Crippen molar-refractivity contribution >= 4 is 21.7 Å². The maximum atomic E-state index is 12.6. The van der Waals surface area contributed by atoms with Crippen molar-refractivity contribution in [2.24, 2.45) is 0 Å². The zero-order valence-electron chi connectivity index (χ0n) is 16.8. The summed E-state index contributed by atoms with van der Waals surface area (Å²) in [4.78, 5) is 25.8. The van der Waals surface area contributed by atoms with Crippen LogP contribution in [0.15, 0.2) is 47.4 Å². The predicted molar refractivity (Wildman–Crippen MR) is 111 cm³/mol. The first-order chi connectivity index (χ1) is 13.8. The number of aryl methyl sites for hydroxylation is 2. The molecule has 0 aliphatic heterocycles. The van der Waals surface area contributed by atoms with E-state index in [0.29, 0.717) is 17.0 Å². The van der Waals surface area contributed by atoms with Gasteiger partial charge < -0.3 is 10.2 Å². The first kappa shape index (κ1) is 21.0. The van der Waals surface area contributed by atoms with Crippen LogP contribution >= 0.6 is 0 Å². The molecule has 3 rings (SSSR count). The molecule has 1 aliphatic carbocycles. The van der Waals surface area contributed by atoms with Crippen LogP contribution in [0.5, 0.6) is 0 Å². The number of hydrogen-bond acceptors (Lipinski definition) is 4. The molecule has 6 nitrogen and oxygen atoms in total. The first-order valence-corrected chi connectivity index (χ1v) is 11.3. The number of nitrogens with zero attached hydrogens (tertiary/aromatic N) is 1. The maximum absolute atomic E-state index is 12.6. The normalized spacial score (nSPS) is 13.0. The topological polar surface area (TPSA) is 83.6 Å². The van der Waals surface area contributed by atoms with E-state index < -0.39 is 9.84 Å². The maximum Gasteiger partial charge on any atom is 0.251 e. The summed E-state index contributed by atoms with van der Waals surface area (Å²) >= 11 is 0. The van der Waals surface area contributed by atoms with Crippen molar-refractivity contribution in [2.45, 2.75) is 37.1 Å². The zero-order valence-corrected chi connectivity index (χ0v) is 17.6. The van der Waals surface area contributed by atoms with E-state index in [0.717, 1.165) is 30.4 Å². The van der Waals surface area contributed by atoms with Crippen LogP contribution in [0.3, 0.4) is 0 Å². The number of hydrogen-bond donors (Lipinski definition) is 1. The summed E-state index contributed by atoms with van der Waals surface area (Å²) in [7, 11) is -0.275. The Balaban J connectivity index is 1.57. The Morgan fingerprint density at radius 1 is 1.03 bits per heavy atom. The van der Waals surface area contributed by atoms with Crippen LogP contribution in [-0.4, -0.2) is 45.0 Å². The highest BCUT2D eigenvalue weighted by Crippen LogP contribution is 2.25. The van der Waals surface area contributed by atoms with Gasteiger partial charge in [-0.3, -0.25) is 9.59 Å². The number of fused-ring (bicyclic) bond motifs is 1. The Morgan fingerprint density at radius 2 is 1.72 bits per heavy atom. The highest BCUT2D eigenvalue weighted by atomic mass is 32.2. The Kier molecular flexibility index (Phi) is 6.37. The SMILES string of the molecule is CNC(=O)c1ccc(CN(C)C(=O)CCS(=O)(=O)c2ccc3c(c2)CCC3)cc1. The molecule has 0 spiro atoms. The lowest BCUT2D eigenvalue weighted by Gasteiger charge is -2.17. The lowest BCUT2D eigenvalue weighted by atomic mass is 10.1. The van der Waals surface area contributed by atoms with E-state index in [4.69, 9.17) is 0 Å². The predicted octanol–water partition coefficient (Wildman–Crippen LogP) is 2.36. The van der Waals surface area contributed by atoms with Gasteiger partial charge in [0.15, 0.2) is 9.84 Å². The molecule has 154 valence electrons. The minimum Gasteiger partial charge on any atom is -0.355 e. The Morgan fingerprint density at radius 3 is 2.41 bits per heavy atom. The molecule has 1 N–H and O–H groups in total. The summed E-state index contributed by atoms with van der Waals surface area (Å²) in [5.41, 5.74) is 3.75. The van der Waals surface area contributed by atoms with Crippen LogP contribution in [0, 0.1) is 0 Å². The van der Waals surface area contributed by atoms with Crippen LogP contribution in [0.2, 0.25) is 0 Å². The van der Waals surface area contributed by atoms with E-state index in [2.05, 4.69) is 5.32 Å². The molecule has 0 heterocycles. The van der Waals surface area contributed by atoms with Crippen molar-refractivity contribution < 1.29 is 18.0 Å². The lowest BCUT2D eigenvalue weighted by Crippen LogP contribution is -2.28. The highest BCUT2D eigenvalue weighted by Gasteiger charge is 2.21. The Labute approximate surface area is 171 Å². The third kappa shape index (κ3) is 5.03. The third-order valence-electron chi connectivity index (χ3n) is 5.30. The van der Waals surface area contributed by atoms with Crippen molar-refractivity contribution in [2.75, 3.05) is 19.8 Å². The van der Waals surface area contributed by atoms with Gasteiger partial charge in [0.1, 0.15) is 0 Å². The fraction of sp³-hybridized carbons (Fsp3) is 0.364. The average Bonchev–Trinajstić information content (AvgIpc) is 3.20. The molecule has 7 heteroatoms. The third-order valence-corrected chi connectivity index (χ3v) is 7.02. The van der Waals surface area contributed by atoms with Gasteiger partial charge in [-0.1, -0.05) is 18.2 Å². The molecule has 2 aromatic carbocycles. The number of sulfone groups is 1. The van der Waals surface area contributed by atoms with Crippen molar-refractivity contribution in [3.8, 4) is 0 Å². The summed E-state index contributed by atoms with van der Waals surface area (Å²) in [6.07, 6.45) is 2.92. The van der Waals surface area contributed by atoms with Gasteiger partial charge in [0.05, 0.1) is 10.6 Å². The number of carbonyl (C=O) groups excluding carboxylic acids is 2. The molecule has 0 radical (unpaired) electrons. The lowest BCUT2D eigenvalue weighted by molar-refractivity contribution is -0.130. The zero-order chi connectivity index (χ0) is 21.0. The summed E-state index contributed by atoms with van der Waals surface area (Å²) in [6, 6.07) is 12.3. The standard InChI is InChI=1S/C22H26N2O4S/c1-23-22(26)18-8-6-16(7-9-18)15-24(2)21(25)12-13-29(27,28)20-11-10-17-4-3-5-19(17)14-20/h6-11,14H,3-5,12-13,15H2,1-2H3,(H,23,26). The number of benzene rings is 2. The summed E-state index contributed by atoms with van der Waals surface area (Å²) in [5, 5.41) is 2.56. The molecule has 0 atom stereocenters. The van der Waals surface area contributed by atoms with Gasteiger partial charge >= 0.3 is 0 Å². The molecule has 0 saturated carbocycles. The minimum absolute atomic E-state index is 0.0633. The van der Waals surface area contributed by atoms with Gasteiger partial charge in [0.2, 0.25) is 5.91 Å². The van der Waals surface area contributed by atoms with E-state index >= 15 is 0 Å². The molecule has 0 aromatic heterocycles. The van der Waals surface area contributed by atoms with E-state index in [-0.39, 0.29) is 24.0 Å². The van der Waals surface area contributed by atoms with E-state index in [1.807, 2.05) is 6.07 Å². The molecule has 0 bridgehead atoms. The fourth-order valence-electron chi connectivity index (χ4n) is 3.54. The van der Waals surface area contributed by atoms with E-state index in [1.165, 1.54) is 10.5 Å². The summed E-state index contributed by atoms with van der Waals surface area (Å²) < 4.78 is 25.3. The van der Waals surface area contributed by atoms with Gasteiger partial charge in [0, 0.05) is 32.6 Å². The van der Waals surface area contributed by atoms with Gasteiger partial charge in [-0.15, -0.1) is 0 Å². The smallest absolute Gasteiger partial charge is 0.251 e. The summed E-state index contributed by atoms with van der Waals surface area (Å²) in [5.74, 6) is -0.604. The van der Waals surface area contributed by atoms with Gasteiger partial charge in [0.25, 0.3) is 5.91 Å². The Hall–Kier alpha value is -2.67. The van der Waals surface area contributed by atoms with E-state index in [1.54, 1.807) is 50.5 Å². The van der Waals surface area contributed by atoms with Crippen molar-refractivity contribution in [1.29, 1.82) is 0 Å². The molecule has 0 saturated heterocycles. The monoisotopic (exact) mass is 414 g/mol. The number of nitrogens with one attached hydrogen (secondary N) is 1. The second-order valence-corrected chi connectivity index (χ2v) is 9.49. The summed E-state index contributed by atoms with van der Waals surface area (Å²) in [6.45, 7) is 0.353. The molecular weight excluding hydrogens is 388 g/mol. The van der Waals surface area contributed by atoms with E-state index in [9.17, 15) is 18.0 Å². The molecule has 2 aromatic rings. The van der Waals surface area contributed by atoms with Gasteiger partial charge in [-0.05, 0) is 60.2 Å². The van der Waals surface area contributed by atoms with Crippen molar-refractivity contribution in [3.63, 3.8) is 0 Å². The molecule has 1 aliphatic rings. The van der Waals surface area contributed by atoms with Crippen LogP contribution in [0.1, 0.15) is 39.9 Å². The second-order valence-electron chi connectivity index (χ2n) is 7.38.